The van der Waals surface area contributed by atoms with Crippen LogP contribution in [0.1, 0.15) is 79.1 Å². The SMILES string of the molecule is CC(C)=C1CCC2=C(CCC3C(C)(C(=O)O)CCCC23C)C1. The molecule has 0 heterocycles. The average Bonchev–Trinajstić information content (AvgIpc) is 2.46. The van der Waals surface area contributed by atoms with Gasteiger partial charge in [0.1, 0.15) is 0 Å². The van der Waals surface area contributed by atoms with E-state index in [4.69, 9.17) is 0 Å². The molecular weight excluding hydrogens is 272 g/mol. The Kier molecular flexibility index (Phi) is 3.78. The topological polar surface area (TPSA) is 37.3 Å². The molecule has 3 atom stereocenters. The van der Waals surface area contributed by atoms with Gasteiger partial charge in [0.15, 0.2) is 0 Å². The molecule has 0 spiro atoms. The molecule has 122 valence electrons. The zero-order chi connectivity index (χ0) is 16.1. The van der Waals surface area contributed by atoms with Crippen molar-refractivity contribution in [2.45, 2.75) is 79.1 Å². The zero-order valence-electron chi connectivity index (χ0n) is 14.6. The number of carboxylic acid groups (broad SMARTS) is 1. The van der Waals surface area contributed by atoms with E-state index in [1.165, 1.54) is 24.8 Å². The molecule has 1 saturated carbocycles. The summed E-state index contributed by atoms with van der Waals surface area (Å²) in [4.78, 5) is 12.0. The van der Waals surface area contributed by atoms with Crippen molar-refractivity contribution in [2.24, 2.45) is 16.7 Å². The van der Waals surface area contributed by atoms with E-state index in [-0.39, 0.29) is 5.41 Å². The first-order valence-corrected chi connectivity index (χ1v) is 8.89. The van der Waals surface area contributed by atoms with Gasteiger partial charge in [-0.3, -0.25) is 4.79 Å². The predicted molar refractivity (Wildman–Crippen MR) is 89.7 cm³/mol. The lowest BCUT2D eigenvalue weighted by atomic mass is 9.48. The molecule has 0 aromatic heterocycles. The summed E-state index contributed by atoms with van der Waals surface area (Å²) in [6.45, 7) is 8.85. The molecule has 2 nitrogen and oxygen atoms in total. The number of carbonyl (C=O) groups is 1. The van der Waals surface area contributed by atoms with Crippen molar-refractivity contribution in [3.63, 3.8) is 0 Å². The molecule has 0 radical (unpaired) electrons. The van der Waals surface area contributed by atoms with Gasteiger partial charge in [-0.15, -0.1) is 0 Å². The zero-order valence-corrected chi connectivity index (χ0v) is 14.6. The number of fused-ring (bicyclic) bond motifs is 2. The third kappa shape index (κ3) is 2.18. The van der Waals surface area contributed by atoms with Crippen molar-refractivity contribution >= 4 is 5.97 Å². The van der Waals surface area contributed by atoms with Gasteiger partial charge >= 0.3 is 5.97 Å². The Hall–Kier alpha value is -1.05. The van der Waals surface area contributed by atoms with E-state index in [1.54, 1.807) is 16.7 Å². The van der Waals surface area contributed by atoms with Crippen LogP contribution < -0.4 is 0 Å². The molecule has 22 heavy (non-hydrogen) atoms. The molecule has 1 fully saturated rings. The van der Waals surface area contributed by atoms with Gasteiger partial charge in [-0.2, -0.15) is 0 Å². The highest BCUT2D eigenvalue weighted by atomic mass is 16.4. The number of hydrogen-bond donors (Lipinski definition) is 1. The van der Waals surface area contributed by atoms with Crippen molar-refractivity contribution in [1.29, 1.82) is 0 Å². The second-order valence-electron chi connectivity index (χ2n) is 8.45. The van der Waals surface area contributed by atoms with Crippen LogP contribution in [0.15, 0.2) is 22.3 Å². The first-order chi connectivity index (χ1) is 10.3. The minimum Gasteiger partial charge on any atom is -0.481 e. The highest BCUT2D eigenvalue weighted by molar-refractivity contribution is 5.75. The first kappa shape index (κ1) is 15.8. The van der Waals surface area contributed by atoms with E-state index in [2.05, 4.69) is 20.8 Å². The van der Waals surface area contributed by atoms with E-state index in [1.807, 2.05) is 6.92 Å². The van der Waals surface area contributed by atoms with Crippen LogP contribution in [-0.2, 0) is 4.79 Å². The monoisotopic (exact) mass is 302 g/mol. The van der Waals surface area contributed by atoms with E-state index < -0.39 is 11.4 Å². The fourth-order valence-electron chi connectivity index (χ4n) is 5.71. The van der Waals surface area contributed by atoms with Crippen LogP contribution in [-0.4, -0.2) is 11.1 Å². The molecule has 3 aliphatic carbocycles. The van der Waals surface area contributed by atoms with E-state index in [9.17, 15) is 9.90 Å². The maximum atomic E-state index is 12.0. The maximum Gasteiger partial charge on any atom is 0.309 e. The number of rotatable bonds is 1. The molecule has 3 aliphatic rings. The van der Waals surface area contributed by atoms with E-state index in [0.29, 0.717) is 5.92 Å². The van der Waals surface area contributed by atoms with Crippen molar-refractivity contribution < 1.29 is 9.90 Å². The molecule has 0 aliphatic heterocycles. The summed E-state index contributed by atoms with van der Waals surface area (Å²) in [5.41, 5.74) is 6.00. The maximum absolute atomic E-state index is 12.0. The molecule has 3 unspecified atom stereocenters. The Morgan fingerprint density at radius 2 is 1.86 bits per heavy atom. The minimum atomic E-state index is -0.576. The summed E-state index contributed by atoms with van der Waals surface area (Å²) in [5.74, 6) is -0.258. The molecule has 1 N–H and O–H groups in total. The third-order valence-corrected chi connectivity index (χ3v) is 7.08. The van der Waals surface area contributed by atoms with Gasteiger partial charge in [0, 0.05) is 0 Å². The summed E-state index contributed by atoms with van der Waals surface area (Å²) in [5, 5.41) is 9.84. The summed E-state index contributed by atoms with van der Waals surface area (Å²) in [7, 11) is 0. The van der Waals surface area contributed by atoms with Crippen molar-refractivity contribution in [2.75, 3.05) is 0 Å². The number of hydrogen-bond acceptors (Lipinski definition) is 1. The van der Waals surface area contributed by atoms with Gasteiger partial charge in [-0.1, -0.05) is 35.6 Å². The smallest absolute Gasteiger partial charge is 0.309 e. The lowest BCUT2D eigenvalue weighted by molar-refractivity contribution is -0.159. The van der Waals surface area contributed by atoms with Gasteiger partial charge in [-0.05, 0) is 77.0 Å². The first-order valence-electron chi connectivity index (χ1n) is 8.89. The average molecular weight is 302 g/mol. The largest absolute Gasteiger partial charge is 0.481 e. The summed E-state index contributed by atoms with van der Waals surface area (Å²) >= 11 is 0. The summed E-state index contributed by atoms with van der Waals surface area (Å²) in [6.07, 6.45) is 8.79. The molecule has 0 bridgehead atoms. The lowest BCUT2D eigenvalue weighted by Gasteiger charge is -2.55. The second kappa shape index (κ2) is 5.25. The Morgan fingerprint density at radius 1 is 1.14 bits per heavy atom. The minimum absolute atomic E-state index is 0.131. The van der Waals surface area contributed by atoms with E-state index in [0.717, 1.165) is 32.1 Å². The molecule has 2 heteroatoms. The fraction of sp³-hybridized carbons (Fsp3) is 0.750. The highest BCUT2D eigenvalue weighted by Gasteiger charge is 2.55. The van der Waals surface area contributed by atoms with Crippen molar-refractivity contribution in [3.8, 4) is 0 Å². The lowest BCUT2D eigenvalue weighted by Crippen LogP contribution is -2.50. The predicted octanol–water partition coefficient (Wildman–Crippen LogP) is 5.49. The van der Waals surface area contributed by atoms with Gasteiger partial charge in [-0.25, -0.2) is 0 Å². The van der Waals surface area contributed by atoms with Crippen molar-refractivity contribution in [3.05, 3.63) is 22.3 Å². The van der Waals surface area contributed by atoms with Crippen LogP contribution in [0.25, 0.3) is 0 Å². The molecular formula is C20H30O2. The third-order valence-electron chi connectivity index (χ3n) is 7.08. The van der Waals surface area contributed by atoms with Crippen LogP contribution in [0.4, 0.5) is 0 Å². The quantitative estimate of drug-likeness (QED) is 0.650. The molecule has 0 saturated heterocycles. The molecule has 0 amide bonds. The Morgan fingerprint density at radius 3 is 2.50 bits per heavy atom. The molecule has 0 aromatic carbocycles. The van der Waals surface area contributed by atoms with Gasteiger partial charge < -0.3 is 5.11 Å². The number of carboxylic acids is 1. The van der Waals surface area contributed by atoms with E-state index >= 15 is 0 Å². The number of aliphatic carboxylic acids is 1. The van der Waals surface area contributed by atoms with Crippen LogP contribution in [0.5, 0.6) is 0 Å². The summed E-state index contributed by atoms with van der Waals surface area (Å²) in [6, 6.07) is 0. The standard InChI is InChI=1S/C20H30O2/c1-13(2)14-6-8-16-15(12-14)7-9-17-19(16,3)10-5-11-20(17,4)18(21)22/h17H,5-12H2,1-4H3,(H,21,22). The van der Waals surface area contributed by atoms with Crippen LogP contribution in [0.3, 0.4) is 0 Å². The molecule has 0 aromatic rings. The van der Waals surface area contributed by atoms with Gasteiger partial charge in [0.25, 0.3) is 0 Å². The Bertz CT molecular complexity index is 564. The van der Waals surface area contributed by atoms with Crippen LogP contribution in [0, 0.1) is 16.7 Å². The van der Waals surface area contributed by atoms with Gasteiger partial charge in [0.05, 0.1) is 5.41 Å². The van der Waals surface area contributed by atoms with Crippen LogP contribution in [0.2, 0.25) is 0 Å². The Labute approximate surface area is 134 Å². The molecule has 3 rings (SSSR count). The number of allylic oxidation sites excluding steroid dienone is 4. The Balaban J connectivity index is 2.01. The summed E-state index contributed by atoms with van der Waals surface area (Å²) < 4.78 is 0. The fourth-order valence-corrected chi connectivity index (χ4v) is 5.71. The second-order valence-corrected chi connectivity index (χ2v) is 8.45. The van der Waals surface area contributed by atoms with Crippen LogP contribution >= 0.6 is 0 Å². The normalized spacial score (nSPS) is 38.4. The van der Waals surface area contributed by atoms with Gasteiger partial charge in [0.2, 0.25) is 0 Å². The van der Waals surface area contributed by atoms with Crippen molar-refractivity contribution in [1.82, 2.24) is 0 Å². The highest BCUT2D eigenvalue weighted by Crippen LogP contribution is 2.62.